The first kappa shape index (κ1) is 16.0. The molecule has 0 saturated heterocycles. The number of hydrogen-bond acceptors (Lipinski definition) is 3. The van der Waals surface area contributed by atoms with E-state index in [0.29, 0.717) is 4.90 Å². The van der Waals surface area contributed by atoms with E-state index in [-0.39, 0.29) is 29.4 Å². The van der Waals surface area contributed by atoms with Crippen molar-refractivity contribution < 1.29 is 14.3 Å². The summed E-state index contributed by atoms with van der Waals surface area (Å²) in [6, 6.07) is 6.34. The van der Waals surface area contributed by atoms with Gasteiger partial charge in [-0.15, -0.1) is 11.8 Å². The Morgan fingerprint density at radius 1 is 1.42 bits per heavy atom. The Labute approximate surface area is 117 Å². The number of benzene rings is 1. The predicted octanol–water partition coefficient (Wildman–Crippen LogP) is 2.44. The van der Waals surface area contributed by atoms with Crippen LogP contribution in [0.4, 0.5) is 4.39 Å². The van der Waals surface area contributed by atoms with Crippen molar-refractivity contribution in [1.82, 2.24) is 5.32 Å². The fourth-order valence-corrected chi connectivity index (χ4v) is 2.04. The number of amides is 1. The van der Waals surface area contributed by atoms with Crippen molar-refractivity contribution in [1.29, 1.82) is 0 Å². The second-order valence-corrected chi connectivity index (χ2v) is 6.42. The molecule has 0 fully saturated rings. The summed E-state index contributed by atoms with van der Waals surface area (Å²) in [6.45, 7) is 5.91. The molecule has 0 aliphatic rings. The van der Waals surface area contributed by atoms with Crippen LogP contribution in [-0.4, -0.2) is 29.4 Å². The molecule has 2 N–H and O–H groups in total. The maximum Gasteiger partial charge on any atom is 0.230 e. The van der Waals surface area contributed by atoms with Crippen molar-refractivity contribution >= 4 is 17.7 Å². The average molecular weight is 285 g/mol. The molecule has 1 atom stereocenters. The summed E-state index contributed by atoms with van der Waals surface area (Å²) in [5, 5.41) is 12.4. The van der Waals surface area contributed by atoms with E-state index in [1.54, 1.807) is 18.2 Å². The van der Waals surface area contributed by atoms with Crippen molar-refractivity contribution in [3.05, 3.63) is 30.1 Å². The summed E-state index contributed by atoms with van der Waals surface area (Å²) in [7, 11) is 0. The zero-order valence-corrected chi connectivity index (χ0v) is 12.3. The summed E-state index contributed by atoms with van der Waals surface area (Å²) >= 11 is 1.15. The molecule has 1 rings (SSSR count). The molecule has 3 nitrogen and oxygen atoms in total. The Kier molecular flexibility index (Phi) is 5.82. The highest BCUT2D eigenvalue weighted by Gasteiger charge is 2.22. The highest BCUT2D eigenvalue weighted by molar-refractivity contribution is 8.00. The molecule has 0 aliphatic carbocycles. The van der Waals surface area contributed by atoms with Crippen LogP contribution >= 0.6 is 11.8 Å². The van der Waals surface area contributed by atoms with Crippen molar-refractivity contribution in [2.45, 2.75) is 31.8 Å². The second-order valence-electron chi connectivity index (χ2n) is 5.40. The first-order chi connectivity index (χ1) is 8.80. The van der Waals surface area contributed by atoms with Gasteiger partial charge in [-0.2, -0.15) is 0 Å². The van der Waals surface area contributed by atoms with Gasteiger partial charge in [-0.3, -0.25) is 4.79 Å². The molecule has 19 heavy (non-hydrogen) atoms. The van der Waals surface area contributed by atoms with Gasteiger partial charge in [-0.1, -0.05) is 32.9 Å². The molecule has 0 aromatic heterocycles. The minimum absolute atomic E-state index is 0.137. The number of hydrogen-bond donors (Lipinski definition) is 2. The SMILES string of the molecule is CC(C)(C)C(O)CNC(=O)CSc1ccccc1F. The van der Waals surface area contributed by atoms with E-state index in [2.05, 4.69) is 5.32 Å². The van der Waals surface area contributed by atoms with Crippen LogP contribution < -0.4 is 5.32 Å². The maximum atomic E-state index is 13.3. The van der Waals surface area contributed by atoms with Gasteiger partial charge in [0.2, 0.25) is 5.91 Å². The summed E-state index contributed by atoms with van der Waals surface area (Å²) < 4.78 is 13.3. The fraction of sp³-hybridized carbons (Fsp3) is 0.500. The summed E-state index contributed by atoms with van der Waals surface area (Å²) in [4.78, 5) is 12.0. The van der Waals surface area contributed by atoms with Crippen LogP contribution in [0.3, 0.4) is 0 Å². The molecule has 0 bridgehead atoms. The number of rotatable bonds is 5. The topological polar surface area (TPSA) is 49.3 Å². The lowest BCUT2D eigenvalue weighted by Gasteiger charge is -2.25. The van der Waals surface area contributed by atoms with Crippen LogP contribution in [0, 0.1) is 11.2 Å². The lowest BCUT2D eigenvalue weighted by Crippen LogP contribution is -2.39. The number of aliphatic hydroxyl groups excluding tert-OH is 1. The Morgan fingerprint density at radius 2 is 2.05 bits per heavy atom. The van der Waals surface area contributed by atoms with Crippen LogP contribution in [0.5, 0.6) is 0 Å². The number of aliphatic hydroxyl groups is 1. The van der Waals surface area contributed by atoms with Crippen LogP contribution in [0.2, 0.25) is 0 Å². The van der Waals surface area contributed by atoms with E-state index in [1.165, 1.54) is 6.07 Å². The standard InChI is InChI=1S/C14H20FNO2S/c1-14(2,3)12(17)8-16-13(18)9-19-11-7-5-4-6-10(11)15/h4-7,12,17H,8-9H2,1-3H3,(H,16,18). The molecule has 0 saturated carbocycles. The monoisotopic (exact) mass is 285 g/mol. The van der Waals surface area contributed by atoms with Crippen molar-refractivity contribution in [3.63, 3.8) is 0 Å². The maximum absolute atomic E-state index is 13.3. The molecule has 106 valence electrons. The molecule has 0 radical (unpaired) electrons. The Bertz CT molecular complexity index is 432. The number of nitrogens with one attached hydrogen (secondary N) is 1. The molecule has 0 aliphatic heterocycles. The third kappa shape index (κ3) is 5.61. The van der Waals surface area contributed by atoms with Gasteiger partial charge in [0.05, 0.1) is 11.9 Å². The van der Waals surface area contributed by atoms with Gasteiger partial charge in [-0.25, -0.2) is 4.39 Å². The number of thioether (sulfide) groups is 1. The molecule has 5 heteroatoms. The zero-order chi connectivity index (χ0) is 14.5. The second kappa shape index (κ2) is 6.91. The van der Waals surface area contributed by atoms with Crippen LogP contribution in [0.15, 0.2) is 29.2 Å². The largest absolute Gasteiger partial charge is 0.391 e. The van der Waals surface area contributed by atoms with Gasteiger partial charge in [0.25, 0.3) is 0 Å². The van der Waals surface area contributed by atoms with E-state index < -0.39 is 6.10 Å². The molecule has 1 unspecified atom stereocenters. The molecule has 0 heterocycles. The highest BCUT2D eigenvalue weighted by Crippen LogP contribution is 2.21. The fourth-order valence-electron chi connectivity index (χ4n) is 1.27. The smallest absolute Gasteiger partial charge is 0.230 e. The molecule has 1 aromatic rings. The van der Waals surface area contributed by atoms with Crippen LogP contribution in [0.1, 0.15) is 20.8 Å². The summed E-state index contributed by atoms with van der Waals surface area (Å²) in [5.74, 6) is -0.399. The molecule has 0 spiro atoms. The lowest BCUT2D eigenvalue weighted by atomic mass is 9.89. The Hall–Kier alpha value is -1.07. The predicted molar refractivity (Wildman–Crippen MR) is 75.6 cm³/mol. The summed E-state index contributed by atoms with van der Waals surface area (Å²) in [6.07, 6.45) is -0.602. The van der Waals surface area contributed by atoms with Crippen molar-refractivity contribution in [3.8, 4) is 0 Å². The molecular weight excluding hydrogens is 265 g/mol. The van der Waals surface area contributed by atoms with E-state index in [9.17, 15) is 14.3 Å². The van der Waals surface area contributed by atoms with Crippen LogP contribution in [0.25, 0.3) is 0 Å². The van der Waals surface area contributed by atoms with Crippen molar-refractivity contribution in [2.24, 2.45) is 5.41 Å². The molecule has 1 amide bonds. The number of carbonyl (C=O) groups excluding carboxylic acids is 1. The van der Waals surface area contributed by atoms with Gasteiger partial charge in [-0.05, 0) is 17.5 Å². The average Bonchev–Trinajstić information content (AvgIpc) is 2.33. The van der Waals surface area contributed by atoms with E-state index in [0.717, 1.165) is 11.8 Å². The third-order valence-corrected chi connectivity index (χ3v) is 3.74. The third-order valence-electron chi connectivity index (χ3n) is 2.69. The van der Waals surface area contributed by atoms with Gasteiger partial charge in [0.1, 0.15) is 5.82 Å². The normalized spacial score (nSPS) is 13.1. The lowest BCUT2D eigenvalue weighted by molar-refractivity contribution is -0.119. The van der Waals surface area contributed by atoms with Crippen LogP contribution in [-0.2, 0) is 4.79 Å². The Balaban J connectivity index is 2.35. The zero-order valence-electron chi connectivity index (χ0n) is 11.4. The van der Waals surface area contributed by atoms with E-state index in [1.807, 2.05) is 20.8 Å². The van der Waals surface area contributed by atoms with Gasteiger partial charge < -0.3 is 10.4 Å². The van der Waals surface area contributed by atoms with E-state index in [4.69, 9.17) is 0 Å². The first-order valence-electron chi connectivity index (χ1n) is 6.13. The van der Waals surface area contributed by atoms with Gasteiger partial charge >= 0.3 is 0 Å². The Morgan fingerprint density at radius 3 is 2.63 bits per heavy atom. The highest BCUT2D eigenvalue weighted by atomic mass is 32.2. The first-order valence-corrected chi connectivity index (χ1v) is 7.11. The van der Waals surface area contributed by atoms with E-state index >= 15 is 0 Å². The minimum atomic E-state index is -0.602. The quantitative estimate of drug-likeness (QED) is 0.817. The summed E-state index contributed by atoms with van der Waals surface area (Å²) in [5.41, 5.74) is -0.272. The van der Waals surface area contributed by atoms with Gasteiger partial charge in [0.15, 0.2) is 0 Å². The number of carbonyl (C=O) groups is 1. The molecular formula is C14H20FNO2S. The van der Waals surface area contributed by atoms with Gasteiger partial charge in [0, 0.05) is 11.4 Å². The number of halogens is 1. The van der Waals surface area contributed by atoms with Crippen molar-refractivity contribution in [2.75, 3.05) is 12.3 Å². The minimum Gasteiger partial charge on any atom is -0.391 e. The molecule has 1 aromatic carbocycles.